The summed E-state index contributed by atoms with van der Waals surface area (Å²) in [5.41, 5.74) is 1.03. The van der Waals surface area contributed by atoms with E-state index in [2.05, 4.69) is 42.2 Å². The van der Waals surface area contributed by atoms with E-state index in [0.717, 1.165) is 24.6 Å². The van der Waals surface area contributed by atoms with E-state index in [9.17, 15) is 0 Å². The number of halogens is 2. The fraction of sp³-hybridized carbons (Fsp3) is 0.308. The van der Waals surface area contributed by atoms with E-state index in [4.69, 9.17) is 4.74 Å². The Bertz CT molecular complexity index is 601. The first-order valence-corrected chi connectivity index (χ1v) is 8.31. The second-order valence-electron chi connectivity index (χ2n) is 4.30. The van der Waals surface area contributed by atoms with Gasteiger partial charge >= 0.3 is 0 Å². The fourth-order valence-corrected chi connectivity index (χ4v) is 3.24. The lowest BCUT2D eigenvalue weighted by Crippen LogP contribution is -2.07. The summed E-state index contributed by atoms with van der Waals surface area (Å²) in [5, 5.41) is 4.33. The Morgan fingerprint density at radius 2 is 2.10 bits per heavy atom. The Labute approximate surface area is 139 Å². The molecule has 0 spiro atoms. The zero-order valence-corrected chi connectivity index (χ0v) is 15.4. The lowest BCUT2D eigenvalue weighted by Gasteiger charge is -2.08. The first kappa shape index (κ1) is 15.6. The van der Waals surface area contributed by atoms with Gasteiger partial charge in [-0.25, -0.2) is 0 Å². The molecule has 1 N–H and O–H groups in total. The smallest absolute Gasteiger partial charge is 0.231 e. The highest BCUT2D eigenvalue weighted by atomic mass is 79.9. The predicted molar refractivity (Wildman–Crippen MR) is 92.2 cm³/mol. The third kappa shape index (κ3) is 3.65. The highest BCUT2D eigenvalue weighted by Crippen LogP contribution is 2.32. The van der Waals surface area contributed by atoms with Crippen LogP contribution in [0.3, 0.4) is 0 Å². The van der Waals surface area contributed by atoms with Crippen molar-refractivity contribution in [3.8, 4) is 5.88 Å². The van der Waals surface area contributed by atoms with Crippen molar-refractivity contribution in [1.29, 1.82) is 0 Å². The molecular weight excluding hydrogens is 406 g/mol. The number of rotatable bonds is 5. The highest BCUT2D eigenvalue weighted by Gasteiger charge is 2.13. The average Bonchev–Trinajstić information content (AvgIpc) is 2.83. The average molecular weight is 421 g/mol. The fourth-order valence-electron chi connectivity index (χ4n) is 1.60. The summed E-state index contributed by atoms with van der Waals surface area (Å²) in [6.07, 6.45) is 0. The van der Waals surface area contributed by atoms with Crippen molar-refractivity contribution >= 4 is 54.0 Å². The number of nitrogens with zero attached hydrogens (tertiary/aromatic N) is 2. The molecule has 2 rings (SSSR count). The van der Waals surface area contributed by atoms with E-state index in [1.165, 1.54) is 0 Å². The number of ether oxygens (including phenoxy) is 1. The Morgan fingerprint density at radius 1 is 1.35 bits per heavy atom. The van der Waals surface area contributed by atoms with Crippen LogP contribution in [0.2, 0.25) is 0 Å². The minimum absolute atomic E-state index is 0.670. The zero-order valence-electron chi connectivity index (χ0n) is 11.4. The summed E-state index contributed by atoms with van der Waals surface area (Å²) < 4.78 is 7.39. The number of aromatic nitrogens is 1. The minimum Gasteiger partial charge on any atom is -0.480 e. The molecule has 0 amide bonds. The van der Waals surface area contributed by atoms with Gasteiger partial charge in [0.05, 0.1) is 18.5 Å². The molecule has 0 radical (unpaired) electrons. The minimum atomic E-state index is 0.670. The molecule has 0 aliphatic carbocycles. The van der Waals surface area contributed by atoms with Crippen LogP contribution in [0.1, 0.15) is 4.88 Å². The molecule has 1 heterocycles. The third-order valence-electron chi connectivity index (χ3n) is 2.59. The summed E-state index contributed by atoms with van der Waals surface area (Å²) in [4.78, 5) is 7.49. The van der Waals surface area contributed by atoms with Crippen molar-refractivity contribution in [3.63, 3.8) is 0 Å². The molecule has 0 saturated heterocycles. The topological polar surface area (TPSA) is 37.4 Å². The normalized spacial score (nSPS) is 10.4. The summed E-state index contributed by atoms with van der Waals surface area (Å²) in [7, 11) is 5.59. The van der Waals surface area contributed by atoms with Crippen LogP contribution in [0.4, 0.5) is 10.8 Å². The monoisotopic (exact) mass is 419 g/mol. The van der Waals surface area contributed by atoms with Gasteiger partial charge < -0.3 is 15.0 Å². The van der Waals surface area contributed by atoms with Gasteiger partial charge in [-0.3, -0.25) is 0 Å². The maximum atomic E-state index is 5.33. The summed E-state index contributed by atoms with van der Waals surface area (Å²) >= 11 is 8.63. The predicted octanol–water partition coefficient (Wildman–Crippen LogP) is 4.35. The Hall–Kier alpha value is -0.790. The van der Waals surface area contributed by atoms with Gasteiger partial charge in [0.15, 0.2) is 5.13 Å². The molecule has 20 heavy (non-hydrogen) atoms. The summed E-state index contributed by atoms with van der Waals surface area (Å²) in [6.45, 7) is 0.670. The van der Waals surface area contributed by atoms with Gasteiger partial charge in [0.25, 0.3) is 0 Å². The van der Waals surface area contributed by atoms with Crippen LogP contribution >= 0.6 is 43.2 Å². The Morgan fingerprint density at radius 3 is 2.75 bits per heavy atom. The van der Waals surface area contributed by atoms with Gasteiger partial charge in [-0.2, -0.15) is 4.98 Å². The largest absolute Gasteiger partial charge is 0.480 e. The van der Waals surface area contributed by atoms with Gasteiger partial charge in [0.1, 0.15) is 0 Å². The van der Waals surface area contributed by atoms with Crippen LogP contribution < -0.4 is 15.0 Å². The highest BCUT2D eigenvalue weighted by molar-refractivity contribution is 9.11. The number of anilines is 2. The molecule has 2 aromatic rings. The van der Waals surface area contributed by atoms with E-state index in [1.807, 2.05) is 37.2 Å². The van der Waals surface area contributed by atoms with Crippen molar-refractivity contribution in [3.05, 3.63) is 32.0 Å². The van der Waals surface area contributed by atoms with Crippen molar-refractivity contribution in [2.75, 3.05) is 31.4 Å². The molecule has 0 atom stereocenters. The van der Waals surface area contributed by atoms with Crippen LogP contribution in [0, 0.1) is 0 Å². The number of thiazole rings is 1. The zero-order chi connectivity index (χ0) is 14.7. The molecule has 1 aromatic carbocycles. The van der Waals surface area contributed by atoms with Gasteiger partial charge in [0, 0.05) is 28.7 Å². The second-order valence-corrected chi connectivity index (χ2v) is 7.13. The first-order chi connectivity index (χ1) is 9.51. The maximum Gasteiger partial charge on any atom is 0.231 e. The lowest BCUT2D eigenvalue weighted by atomic mass is 10.3. The quantitative estimate of drug-likeness (QED) is 0.779. The van der Waals surface area contributed by atoms with Crippen LogP contribution in [0.5, 0.6) is 5.88 Å². The van der Waals surface area contributed by atoms with E-state index < -0.39 is 0 Å². The first-order valence-electron chi connectivity index (χ1n) is 5.91. The number of nitrogens with one attached hydrogen (secondary N) is 1. The van der Waals surface area contributed by atoms with E-state index in [0.29, 0.717) is 12.4 Å². The number of hydrogen-bond donors (Lipinski definition) is 1. The molecule has 1 aromatic heterocycles. The Balaban J connectivity index is 2.16. The number of benzene rings is 1. The number of methoxy groups -OCH3 is 1. The van der Waals surface area contributed by atoms with Crippen molar-refractivity contribution in [2.24, 2.45) is 0 Å². The molecule has 0 fully saturated rings. The Kier molecular flexibility index (Phi) is 5.29. The molecule has 0 aliphatic heterocycles. The van der Waals surface area contributed by atoms with Crippen LogP contribution in [0.25, 0.3) is 0 Å². The van der Waals surface area contributed by atoms with Gasteiger partial charge in [-0.1, -0.05) is 27.3 Å². The molecule has 108 valence electrons. The van der Waals surface area contributed by atoms with E-state index >= 15 is 0 Å². The van der Waals surface area contributed by atoms with Crippen molar-refractivity contribution in [1.82, 2.24) is 4.98 Å². The van der Waals surface area contributed by atoms with E-state index in [-0.39, 0.29) is 0 Å². The van der Waals surface area contributed by atoms with Gasteiger partial charge in [0.2, 0.25) is 5.88 Å². The molecular formula is C13H15Br2N3OS. The standard InChI is InChI=1S/C13H15Br2N3OS/c1-18(2)13-17-12(19-3)11(20-13)7-16-10-6-8(14)4-5-9(10)15/h4-6,16H,7H2,1-3H3. The van der Waals surface area contributed by atoms with Crippen LogP contribution in [-0.2, 0) is 6.54 Å². The SMILES string of the molecule is COc1nc(N(C)C)sc1CNc1cc(Br)ccc1Br. The molecule has 0 bridgehead atoms. The third-order valence-corrected chi connectivity index (χ3v) is 4.98. The second kappa shape index (κ2) is 6.78. The van der Waals surface area contributed by atoms with Crippen molar-refractivity contribution < 1.29 is 4.74 Å². The van der Waals surface area contributed by atoms with Crippen molar-refractivity contribution in [2.45, 2.75) is 6.54 Å². The summed E-state index contributed by atoms with van der Waals surface area (Å²) in [5.74, 6) is 0.678. The van der Waals surface area contributed by atoms with Gasteiger partial charge in [-0.05, 0) is 34.1 Å². The number of hydrogen-bond acceptors (Lipinski definition) is 5. The van der Waals surface area contributed by atoms with Crippen LogP contribution in [0.15, 0.2) is 27.1 Å². The van der Waals surface area contributed by atoms with E-state index in [1.54, 1.807) is 18.4 Å². The molecule has 0 unspecified atom stereocenters. The molecule has 0 saturated carbocycles. The molecule has 4 nitrogen and oxygen atoms in total. The van der Waals surface area contributed by atoms with Crippen LogP contribution in [-0.4, -0.2) is 26.2 Å². The molecule has 7 heteroatoms. The lowest BCUT2D eigenvalue weighted by molar-refractivity contribution is 0.397. The van der Waals surface area contributed by atoms with Gasteiger partial charge in [-0.15, -0.1) is 0 Å². The molecule has 0 aliphatic rings. The summed E-state index contributed by atoms with van der Waals surface area (Å²) in [6, 6.07) is 6.03. The maximum absolute atomic E-state index is 5.33.